The SMILES string of the molecule is CCCCCCC(C)CSCCC12CC3CC(CC(C3)C1)C2. The molecule has 0 radical (unpaired) electrons. The van der Waals surface area contributed by atoms with Crippen LogP contribution in [-0.4, -0.2) is 11.5 Å². The Bertz CT molecular complexity index is 300. The van der Waals surface area contributed by atoms with Crippen LogP contribution in [0.2, 0.25) is 0 Å². The molecule has 0 saturated heterocycles. The zero-order valence-electron chi connectivity index (χ0n) is 15.1. The lowest BCUT2D eigenvalue weighted by molar-refractivity contribution is -0.0538. The molecule has 1 unspecified atom stereocenters. The Balaban J connectivity index is 1.30. The lowest BCUT2D eigenvalue weighted by Crippen LogP contribution is -2.46. The molecule has 4 aliphatic rings. The molecule has 0 aromatic heterocycles. The predicted octanol–water partition coefficient (Wildman–Crippen LogP) is 6.93. The standard InChI is InChI=1S/C21H38S/c1-3-4-5-6-7-17(2)16-22-9-8-21-13-18-10-19(14-21)12-20(11-18)15-21/h17-20H,3-16H2,1-2H3. The molecule has 0 heterocycles. The van der Waals surface area contributed by atoms with Gasteiger partial charge in [0.25, 0.3) is 0 Å². The molecule has 4 bridgehead atoms. The third-order valence-electron chi connectivity index (χ3n) is 6.89. The molecule has 0 N–H and O–H groups in total. The van der Waals surface area contributed by atoms with Crippen molar-refractivity contribution in [2.45, 2.75) is 90.9 Å². The first-order chi connectivity index (χ1) is 10.7. The molecule has 0 aliphatic heterocycles. The van der Waals surface area contributed by atoms with Crippen LogP contribution in [0.4, 0.5) is 0 Å². The van der Waals surface area contributed by atoms with Crippen LogP contribution < -0.4 is 0 Å². The maximum Gasteiger partial charge on any atom is -0.00418 e. The van der Waals surface area contributed by atoms with Crippen molar-refractivity contribution in [3.05, 3.63) is 0 Å². The Morgan fingerprint density at radius 3 is 2.18 bits per heavy atom. The second kappa shape index (κ2) is 7.95. The minimum Gasteiger partial charge on any atom is -0.162 e. The van der Waals surface area contributed by atoms with Gasteiger partial charge in [0.2, 0.25) is 0 Å². The normalized spacial score (nSPS) is 37.6. The second-order valence-corrected chi connectivity index (χ2v) is 10.3. The van der Waals surface area contributed by atoms with E-state index in [4.69, 9.17) is 0 Å². The predicted molar refractivity (Wildman–Crippen MR) is 100 cm³/mol. The van der Waals surface area contributed by atoms with Crippen LogP contribution in [0.5, 0.6) is 0 Å². The molecule has 4 saturated carbocycles. The van der Waals surface area contributed by atoms with Crippen molar-refractivity contribution in [1.82, 2.24) is 0 Å². The van der Waals surface area contributed by atoms with E-state index < -0.39 is 0 Å². The van der Waals surface area contributed by atoms with Gasteiger partial charge in [0, 0.05) is 0 Å². The number of hydrogen-bond acceptors (Lipinski definition) is 1. The van der Waals surface area contributed by atoms with Crippen molar-refractivity contribution in [2.24, 2.45) is 29.1 Å². The van der Waals surface area contributed by atoms with Crippen molar-refractivity contribution in [3.8, 4) is 0 Å². The van der Waals surface area contributed by atoms with E-state index in [-0.39, 0.29) is 0 Å². The molecule has 4 aliphatic carbocycles. The van der Waals surface area contributed by atoms with E-state index in [0.717, 1.165) is 29.1 Å². The van der Waals surface area contributed by atoms with Crippen LogP contribution in [0.1, 0.15) is 90.9 Å². The molecule has 0 aromatic rings. The number of unbranched alkanes of at least 4 members (excludes halogenated alkanes) is 3. The first kappa shape index (κ1) is 17.2. The summed E-state index contributed by atoms with van der Waals surface area (Å²) in [5.74, 6) is 7.21. The summed E-state index contributed by atoms with van der Waals surface area (Å²) in [6.45, 7) is 4.79. The first-order valence-electron chi connectivity index (χ1n) is 10.3. The smallest absolute Gasteiger partial charge is 0.00418 e. The Hall–Kier alpha value is 0.350. The van der Waals surface area contributed by atoms with E-state index >= 15 is 0 Å². The summed E-state index contributed by atoms with van der Waals surface area (Å²) in [6, 6.07) is 0. The summed E-state index contributed by atoms with van der Waals surface area (Å²) >= 11 is 2.27. The number of hydrogen-bond donors (Lipinski definition) is 0. The molecule has 4 fully saturated rings. The summed E-state index contributed by atoms with van der Waals surface area (Å²) in [6.07, 6.45) is 18.3. The lowest BCUT2D eigenvalue weighted by atomic mass is 9.49. The molecular formula is C21H38S. The highest BCUT2D eigenvalue weighted by Gasteiger charge is 2.50. The van der Waals surface area contributed by atoms with Gasteiger partial charge in [-0.05, 0) is 92.0 Å². The zero-order chi connectivity index (χ0) is 15.4. The molecule has 1 heteroatoms. The molecule has 0 amide bonds. The number of rotatable bonds is 10. The van der Waals surface area contributed by atoms with Gasteiger partial charge in [0.05, 0.1) is 0 Å². The van der Waals surface area contributed by atoms with Gasteiger partial charge in [-0.3, -0.25) is 0 Å². The van der Waals surface area contributed by atoms with Crippen LogP contribution >= 0.6 is 11.8 Å². The fourth-order valence-electron chi connectivity index (χ4n) is 6.17. The molecule has 128 valence electrons. The molecule has 4 rings (SSSR count). The van der Waals surface area contributed by atoms with Gasteiger partial charge >= 0.3 is 0 Å². The molecular weight excluding hydrogens is 284 g/mol. The Kier molecular flexibility index (Phi) is 6.21. The van der Waals surface area contributed by atoms with Gasteiger partial charge in [0.15, 0.2) is 0 Å². The van der Waals surface area contributed by atoms with E-state index in [2.05, 4.69) is 25.6 Å². The Morgan fingerprint density at radius 2 is 1.59 bits per heavy atom. The third-order valence-corrected chi connectivity index (χ3v) is 8.19. The van der Waals surface area contributed by atoms with Crippen LogP contribution in [0.25, 0.3) is 0 Å². The molecule has 22 heavy (non-hydrogen) atoms. The average Bonchev–Trinajstić information content (AvgIpc) is 2.47. The quantitative estimate of drug-likeness (QED) is 0.393. The zero-order valence-corrected chi connectivity index (χ0v) is 15.9. The van der Waals surface area contributed by atoms with Gasteiger partial charge in [0.1, 0.15) is 0 Å². The van der Waals surface area contributed by atoms with Crippen LogP contribution in [0.15, 0.2) is 0 Å². The molecule has 0 spiro atoms. The monoisotopic (exact) mass is 322 g/mol. The van der Waals surface area contributed by atoms with Gasteiger partial charge in [-0.25, -0.2) is 0 Å². The number of thioether (sulfide) groups is 1. The van der Waals surface area contributed by atoms with Crippen LogP contribution in [-0.2, 0) is 0 Å². The van der Waals surface area contributed by atoms with Crippen molar-refractivity contribution in [1.29, 1.82) is 0 Å². The van der Waals surface area contributed by atoms with Gasteiger partial charge in [-0.1, -0.05) is 39.5 Å². The maximum atomic E-state index is 2.48. The van der Waals surface area contributed by atoms with Gasteiger partial charge in [-0.15, -0.1) is 0 Å². The van der Waals surface area contributed by atoms with Gasteiger partial charge < -0.3 is 0 Å². The second-order valence-electron chi connectivity index (χ2n) is 9.20. The average molecular weight is 323 g/mol. The summed E-state index contributed by atoms with van der Waals surface area (Å²) in [4.78, 5) is 0. The highest BCUT2D eigenvalue weighted by atomic mass is 32.2. The van der Waals surface area contributed by atoms with E-state index in [0.29, 0.717) is 0 Å². The highest BCUT2D eigenvalue weighted by Crippen LogP contribution is 2.61. The topological polar surface area (TPSA) is 0 Å². The van der Waals surface area contributed by atoms with E-state index in [9.17, 15) is 0 Å². The van der Waals surface area contributed by atoms with Crippen molar-refractivity contribution >= 4 is 11.8 Å². The summed E-state index contributed by atoms with van der Waals surface area (Å²) in [7, 11) is 0. The Labute approximate surface area is 143 Å². The van der Waals surface area contributed by atoms with Crippen molar-refractivity contribution in [2.75, 3.05) is 11.5 Å². The Morgan fingerprint density at radius 1 is 0.955 bits per heavy atom. The highest BCUT2D eigenvalue weighted by molar-refractivity contribution is 7.99. The van der Waals surface area contributed by atoms with Crippen LogP contribution in [0.3, 0.4) is 0 Å². The maximum absolute atomic E-state index is 2.48. The fraction of sp³-hybridized carbons (Fsp3) is 1.00. The fourth-order valence-corrected chi connectivity index (χ4v) is 7.49. The van der Waals surface area contributed by atoms with E-state index in [1.807, 2.05) is 0 Å². The summed E-state index contributed by atoms with van der Waals surface area (Å²) in [5.41, 5.74) is 0.812. The van der Waals surface area contributed by atoms with Crippen molar-refractivity contribution in [3.63, 3.8) is 0 Å². The van der Waals surface area contributed by atoms with Gasteiger partial charge in [-0.2, -0.15) is 11.8 Å². The molecule has 0 nitrogen and oxygen atoms in total. The van der Waals surface area contributed by atoms with Crippen molar-refractivity contribution < 1.29 is 0 Å². The minimum atomic E-state index is 0.812. The van der Waals surface area contributed by atoms with E-state index in [1.165, 1.54) is 43.6 Å². The lowest BCUT2D eigenvalue weighted by Gasteiger charge is -2.57. The minimum absolute atomic E-state index is 0.812. The summed E-state index contributed by atoms with van der Waals surface area (Å²) < 4.78 is 0. The first-order valence-corrected chi connectivity index (χ1v) is 11.4. The van der Waals surface area contributed by atoms with Crippen LogP contribution in [0, 0.1) is 29.1 Å². The largest absolute Gasteiger partial charge is 0.162 e. The molecule has 1 atom stereocenters. The third kappa shape index (κ3) is 4.46. The summed E-state index contributed by atoms with van der Waals surface area (Å²) in [5, 5.41) is 0. The van der Waals surface area contributed by atoms with E-state index in [1.54, 1.807) is 44.9 Å². The molecule has 0 aromatic carbocycles.